The molecule has 3 nitrogen and oxygen atoms in total. The number of ketones is 1. The summed E-state index contributed by atoms with van der Waals surface area (Å²) in [6.07, 6.45) is 0. The van der Waals surface area contributed by atoms with E-state index in [0.717, 1.165) is 0 Å². The summed E-state index contributed by atoms with van der Waals surface area (Å²) >= 11 is 3.02. The summed E-state index contributed by atoms with van der Waals surface area (Å²) in [6, 6.07) is 8.63. The van der Waals surface area contributed by atoms with Gasteiger partial charge in [0.25, 0.3) is 0 Å². The first-order chi connectivity index (χ1) is 7.16. The van der Waals surface area contributed by atoms with E-state index in [4.69, 9.17) is 4.74 Å². The van der Waals surface area contributed by atoms with Crippen molar-refractivity contribution in [2.75, 3.05) is 6.61 Å². The van der Waals surface area contributed by atoms with Gasteiger partial charge in [-0.3, -0.25) is 9.59 Å². The summed E-state index contributed by atoms with van der Waals surface area (Å²) in [6.45, 7) is 1.97. The second-order valence-electron chi connectivity index (χ2n) is 2.84. The summed E-state index contributed by atoms with van der Waals surface area (Å²) in [4.78, 5) is 22.1. The van der Waals surface area contributed by atoms with Crippen molar-refractivity contribution in [1.29, 1.82) is 0 Å². The fraction of sp³-hybridized carbons (Fsp3) is 0.273. The van der Waals surface area contributed by atoms with Gasteiger partial charge >= 0.3 is 5.97 Å². The lowest BCUT2D eigenvalue weighted by Gasteiger charge is -2.07. The molecule has 0 aliphatic carbocycles. The van der Waals surface area contributed by atoms with E-state index in [1.165, 1.54) is 0 Å². The lowest BCUT2D eigenvalue weighted by atomic mass is 10.1. The first-order valence-electron chi connectivity index (χ1n) is 4.56. The van der Waals surface area contributed by atoms with Crippen LogP contribution >= 0.6 is 15.9 Å². The molecule has 1 rings (SSSR count). The molecule has 0 N–H and O–H groups in total. The van der Waals surface area contributed by atoms with Gasteiger partial charge < -0.3 is 4.74 Å². The number of hydrogen-bond donors (Lipinski definition) is 0. The average Bonchev–Trinajstić information content (AvgIpc) is 2.28. The number of ether oxygens (including phenoxy) is 1. The second-order valence-corrected chi connectivity index (χ2v) is 3.76. The molecule has 15 heavy (non-hydrogen) atoms. The van der Waals surface area contributed by atoms with Crippen molar-refractivity contribution >= 4 is 27.7 Å². The molecule has 0 fully saturated rings. The molecule has 4 heteroatoms. The van der Waals surface area contributed by atoms with E-state index in [-0.39, 0.29) is 12.4 Å². The molecule has 80 valence electrons. The highest BCUT2D eigenvalue weighted by molar-refractivity contribution is 9.10. The normalized spacial score (nSPS) is 11.9. The third kappa shape index (κ3) is 3.16. The highest BCUT2D eigenvalue weighted by Gasteiger charge is 2.25. The molecule has 0 unspecified atom stereocenters. The summed E-state index contributed by atoms with van der Waals surface area (Å²) < 4.78 is 4.74. The lowest BCUT2D eigenvalue weighted by molar-refractivity contribution is -0.141. The molecule has 0 heterocycles. The van der Waals surface area contributed by atoms with Crippen LogP contribution in [0.1, 0.15) is 17.3 Å². The Morgan fingerprint density at radius 2 is 1.93 bits per heavy atom. The van der Waals surface area contributed by atoms with Gasteiger partial charge in [0.05, 0.1) is 6.61 Å². The van der Waals surface area contributed by atoms with Crippen molar-refractivity contribution in [3.8, 4) is 0 Å². The molecule has 0 radical (unpaired) electrons. The number of hydrogen-bond acceptors (Lipinski definition) is 3. The third-order valence-corrected chi connectivity index (χ3v) is 2.57. The van der Waals surface area contributed by atoms with Crippen LogP contribution in [0.2, 0.25) is 0 Å². The molecule has 0 saturated carbocycles. The number of carbonyl (C=O) groups is 2. The van der Waals surface area contributed by atoms with Gasteiger partial charge in [0.2, 0.25) is 0 Å². The first-order valence-corrected chi connectivity index (χ1v) is 5.48. The fourth-order valence-electron chi connectivity index (χ4n) is 1.07. The van der Waals surface area contributed by atoms with Crippen LogP contribution in [0, 0.1) is 0 Å². The van der Waals surface area contributed by atoms with Crippen LogP contribution in [0.25, 0.3) is 0 Å². The zero-order valence-corrected chi connectivity index (χ0v) is 9.86. The van der Waals surface area contributed by atoms with Crippen LogP contribution in [-0.2, 0) is 9.53 Å². The zero-order valence-electron chi connectivity index (χ0n) is 8.27. The van der Waals surface area contributed by atoms with Gasteiger partial charge in [0, 0.05) is 5.56 Å². The molecule has 0 aliphatic heterocycles. The summed E-state index contributed by atoms with van der Waals surface area (Å²) in [5.74, 6) is -0.833. The predicted molar refractivity (Wildman–Crippen MR) is 60.1 cm³/mol. The largest absolute Gasteiger partial charge is 0.465 e. The number of halogens is 1. The molecule has 0 bridgehead atoms. The molecular formula is C11H11BrO3. The maximum atomic E-state index is 11.7. The van der Waals surface area contributed by atoms with Crippen LogP contribution in [0.4, 0.5) is 0 Å². The van der Waals surface area contributed by atoms with E-state index < -0.39 is 10.8 Å². The minimum absolute atomic E-state index is 0.267. The van der Waals surface area contributed by atoms with Gasteiger partial charge in [-0.25, -0.2) is 0 Å². The van der Waals surface area contributed by atoms with Crippen molar-refractivity contribution in [2.45, 2.75) is 11.8 Å². The maximum absolute atomic E-state index is 11.7. The molecular weight excluding hydrogens is 260 g/mol. The highest BCUT2D eigenvalue weighted by Crippen LogP contribution is 2.11. The average molecular weight is 271 g/mol. The monoisotopic (exact) mass is 270 g/mol. The molecule has 0 saturated heterocycles. The number of carbonyl (C=O) groups excluding carboxylic acids is 2. The van der Waals surface area contributed by atoms with E-state index in [1.54, 1.807) is 31.2 Å². The predicted octanol–water partition coefficient (Wildman–Crippen LogP) is 2.20. The van der Waals surface area contributed by atoms with Gasteiger partial charge in [-0.05, 0) is 6.92 Å². The minimum atomic E-state index is -0.917. The number of benzene rings is 1. The molecule has 0 aliphatic rings. The summed E-state index contributed by atoms with van der Waals surface area (Å²) in [7, 11) is 0. The number of Topliss-reactive ketones (excluding diaryl/α,β-unsaturated/α-hetero) is 1. The van der Waals surface area contributed by atoms with Gasteiger partial charge in [-0.15, -0.1) is 0 Å². The Hall–Kier alpha value is -1.16. The van der Waals surface area contributed by atoms with Crippen molar-refractivity contribution in [2.24, 2.45) is 0 Å². The standard InChI is InChI=1S/C11H11BrO3/c1-2-15-11(14)9(12)10(13)8-6-4-3-5-7-8/h3-7,9H,2H2,1H3/t9-/m0/s1. The zero-order chi connectivity index (χ0) is 11.3. The van der Waals surface area contributed by atoms with Crippen LogP contribution in [0.5, 0.6) is 0 Å². The number of rotatable bonds is 4. The minimum Gasteiger partial charge on any atom is -0.465 e. The van der Waals surface area contributed by atoms with E-state index >= 15 is 0 Å². The van der Waals surface area contributed by atoms with E-state index in [1.807, 2.05) is 6.07 Å². The topological polar surface area (TPSA) is 43.4 Å². The quantitative estimate of drug-likeness (QED) is 0.365. The fourth-order valence-corrected chi connectivity index (χ4v) is 1.47. The van der Waals surface area contributed by atoms with E-state index in [2.05, 4.69) is 15.9 Å². The lowest BCUT2D eigenvalue weighted by Crippen LogP contribution is -2.26. The van der Waals surface area contributed by atoms with Crippen molar-refractivity contribution < 1.29 is 14.3 Å². The van der Waals surface area contributed by atoms with E-state index in [9.17, 15) is 9.59 Å². The molecule has 0 spiro atoms. The van der Waals surface area contributed by atoms with Gasteiger partial charge in [0.1, 0.15) is 0 Å². The smallest absolute Gasteiger partial charge is 0.327 e. The van der Waals surface area contributed by atoms with Crippen molar-refractivity contribution in [3.05, 3.63) is 35.9 Å². The second kappa shape index (κ2) is 5.66. The Labute approximate surface area is 96.6 Å². The van der Waals surface area contributed by atoms with Crippen LogP contribution in [0.3, 0.4) is 0 Å². The Kier molecular flexibility index (Phi) is 4.49. The van der Waals surface area contributed by atoms with Crippen molar-refractivity contribution in [1.82, 2.24) is 0 Å². The number of esters is 1. The number of alkyl halides is 1. The molecule has 0 amide bonds. The highest BCUT2D eigenvalue weighted by atomic mass is 79.9. The van der Waals surface area contributed by atoms with E-state index in [0.29, 0.717) is 5.56 Å². The SMILES string of the molecule is CCOC(=O)[C@@H](Br)C(=O)c1ccccc1. The van der Waals surface area contributed by atoms with Crippen LogP contribution < -0.4 is 0 Å². The van der Waals surface area contributed by atoms with Gasteiger partial charge in [0.15, 0.2) is 10.6 Å². The summed E-state index contributed by atoms with van der Waals surface area (Å²) in [5, 5.41) is 0. The van der Waals surface area contributed by atoms with Crippen molar-refractivity contribution in [3.63, 3.8) is 0 Å². The third-order valence-electron chi connectivity index (χ3n) is 1.78. The maximum Gasteiger partial charge on any atom is 0.327 e. The Morgan fingerprint density at radius 3 is 2.47 bits per heavy atom. The Balaban J connectivity index is 2.73. The Morgan fingerprint density at radius 1 is 1.33 bits per heavy atom. The molecule has 1 aromatic rings. The molecule has 0 aromatic heterocycles. The van der Waals surface area contributed by atoms with Gasteiger partial charge in [-0.2, -0.15) is 0 Å². The first kappa shape index (κ1) is 11.9. The van der Waals surface area contributed by atoms with Crippen LogP contribution in [0.15, 0.2) is 30.3 Å². The molecule has 1 atom stereocenters. The van der Waals surface area contributed by atoms with Gasteiger partial charge in [-0.1, -0.05) is 46.3 Å². The summed E-state index contributed by atoms with van der Waals surface area (Å²) in [5.41, 5.74) is 0.493. The molecule has 1 aromatic carbocycles. The van der Waals surface area contributed by atoms with Crippen LogP contribution in [-0.4, -0.2) is 23.2 Å². The Bertz CT molecular complexity index is 348.